The van der Waals surface area contributed by atoms with Crippen molar-refractivity contribution in [2.24, 2.45) is 5.73 Å². The Hall–Kier alpha value is -3.07. The number of rotatable bonds is 7. The van der Waals surface area contributed by atoms with E-state index in [9.17, 15) is 9.18 Å². The second kappa shape index (κ2) is 7.87. The third kappa shape index (κ3) is 4.31. The number of halogens is 1. The van der Waals surface area contributed by atoms with E-state index in [1.165, 1.54) is 40.7 Å². The van der Waals surface area contributed by atoms with Gasteiger partial charge in [0.15, 0.2) is 5.82 Å². The van der Waals surface area contributed by atoms with Gasteiger partial charge in [-0.25, -0.2) is 9.07 Å². The van der Waals surface area contributed by atoms with Gasteiger partial charge in [-0.2, -0.15) is 0 Å². The van der Waals surface area contributed by atoms with Crippen LogP contribution in [0.4, 0.5) is 4.39 Å². The van der Waals surface area contributed by atoms with Gasteiger partial charge >= 0.3 is 0 Å². The van der Waals surface area contributed by atoms with Gasteiger partial charge in [-0.1, -0.05) is 23.9 Å². The number of nitrogens with zero attached hydrogens (tertiary/aromatic N) is 3. The number of ether oxygens (including phenoxy) is 1. The summed E-state index contributed by atoms with van der Waals surface area (Å²) in [6, 6.07) is 12.7. The zero-order valence-corrected chi connectivity index (χ0v) is 14.4. The number of nitrogen functional groups attached to an aromatic ring is 1. The fraction of sp³-hybridized carbons (Fsp3) is 0.118. The number of aromatic nitrogens is 3. The summed E-state index contributed by atoms with van der Waals surface area (Å²) in [5, 5.41) is 8.57. The van der Waals surface area contributed by atoms with Crippen LogP contribution in [0.1, 0.15) is 21.7 Å². The Balaban J connectivity index is 1.58. The number of hydrogen-bond donors (Lipinski definition) is 2. The van der Waals surface area contributed by atoms with Crippen molar-refractivity contribution < 1.29 is 13.9 Å². The Morgan fingerprint density at radius 1 is 1.12 bits per heavy atom. The van der Waals surface area contributed by atoms with E-state index in [1.807, 2.05) is 12.1 Å². The highest BCUT2D eigenvalue weighted by Crippen LogP contribution is 2.21. The van der Waals surface area contributed by atoms with E-state index >= 15 is 0 Å². The molecule has 0 aliphatic rings. The van der Waals surface area contributed by atoms with Gasteiger partial charge in [-0.15, -0.1) is 10.2 Å². The van der Waals surface area contributed by atoms with E-state index in [1.54, 1.807) is 12.1 Å². The van der Waals surface area contributed by atoms with Gasteiger partial charge in [0.05, 0.1) is 0 Å². The van der Waals surface area contributed by atoms with E-state index in [0.717, 1.165) is 5.56 Å². The quantitative estimate of drug-likeness (QED) is 0.485. The normalized spacial score (nSPS) is 10.7. The zero-order valence-electron chi connectivity index (χ0n) is 13.6. The van der Waals surface area contributed by atoms with Crippen molar-refractivity contribution >= 4 is 17.7 Å². The molecule has 0 fully saturated rings. The lowest BCUT2D eigenvalue weighted by Gasteiger charge is -2.06. The Morgan fingerprint density at radius 3 is 2.46 bits per heavy atom. The predicted octanol–water partition coefficient (Wildman–Crippen LogP) is 2.10. The zero-order chi connectivity index (χ0) is 18.5. The molecule has 0 bridgehead atoms. The van der Waals surface area contributed by atoms with Crippen molar-refractivity contribution in [1.29, 1.82) is 0 Å². The highest BCUT2D eigenvalue weighted by molar-refractivity contribution is 7.98. The Bertz CT molecular complexity index is 897. The number of hydrogen-bond acceptors (Lipinski definition) is 6. The molecule has 3 aromatic rings. The number of primary amides is 1. The van der Waals surface area contributed by atoms with Gasteiger partial charge in [0.1, 0.15) is 18.2 Å². The smallest absolute Gasteiger partial charge is 0.248 e. The maximum absolute atomic E-state index is 12.9. The molecule has 7 nitrogen and oxygen atoms in total. The summed E-state index contributed by atoms with van der Waals surface area (Å²) < 4.78 is 19.7. The number of carbonyl (C=O) groups excluding carboxylic acids is 1. The average molecular weight is 373 g/mol. The lowest BCUT2D eigenvalue weighted by molar-refractivity contribution is 0.100. The molecule has 1 amide bonds. The molecule has 1 aromatic heterocycles. The third-order valence-corrected chi connectivity index (χ3v) is 4.54. The first-order valence-corrected chi connectivity index (χ1v) is 8.61. The van der Waals surface area contributed by atoms with Crippen LogP contribution in [0.15, 0.2) is 53.7 Å². The first-order chi connectivity index (χ1) is 12.5. The summed E-state index contributed by atoms with van der Waals surface area (Å²) in [5.41, 5.74) is 6.67. The summed E-state index contributed by atoms with van der Waals surface area (Å²) in [5.74, 6) is 6.76. The number of nitrogens with two attached hydrogens (primary N) is 2. The standard InChI is InChI=1S/C17H16FN5O2S/c18-13-5-7-14(8-6-13)25-9-15-21-22-17(23(15)20)26-10-11-1-3-12(4-2-11)16(19)24/h1-8H,9-10,20H2,(H2,19,24). The number of thioether (sulfide) groups is 1. The molecule has 0 unspecified atom stereocenters. The molecular formula is C17H16FN5O2S. The van der Waals surface area contributed by atoms with Gasteiger partial charge in [-0.05, 0) is 42.0 Å². The van der Waals surface area contributed by atoms with Gasteiger partial charge in [-0.3, -0.25) is 4.79 Å². The highest BCUT2D eigenvalue weighted by Gasteiger charge is 2.11. The Labute approximate surface area is 153 Å². The van der Waals surface area contributed by atoms with Gasteiger partial charge in [0.25, 0.3) is 0 Å². The second-order valence-electron chi connectivity index (χ2n) is 5.36. The minimum absolute atomic E-state index is 0.114. The Morgan fingerprint density at radius 2 is 1.81 bits per heavy atom. The number of amides is 1. The topological polar surface area (TPSA) is 109 Å². The molecule has 26 heavy (non-hydrogen) atoms. The van der Waals surface area contributed by atoms with Crippen LogP contribution < -0.4 is 16.3 Å². The summed E-state index contributed by atoms with van der Waals surface area (Å²) in [6.07, 6.45) is 0. The predicted molar refractivity (Wildman–Crippen MR) is 95.4 cm³/mol. The molecule has 0 atom stereocenters. The van der Waals surface area contributed by atoms with Crippen molar-refractivity contribution in [2.75, 3.05) is 5.84 Å². The minimum Gasteiger partial charge on any atom is -0.486 e. The summed E-state index contributed by atoms with van der Waals surface area (Å²) in [4.78, 5) is 11.1. The molecule has 4 N–H and O–H groups in total. The van der Waals surface area contributed by atoms with E-state index in [2.05, 4.69) is 10.2 Å². The van der Waals surface area contributed by atoms with Crippen LogP contribution in [0.3, 0.4) is 0 Å². The van der Waals surface area contributed by atoms with Crippen LogP contribution in [-0.2, 0) is 12.4 Å². The van der Waals surface area contributed by atoms with Gasteiger partial charge < -0.3 is 16.3 Å². The second-order valence-corrected chi connectivity index (χ2v) is 6.30. The molecular weight excluding hydrogens is 357 g/mol. The molecule has 0 aliphatic carbocycles. The fourth-order valence-corrected chi connectivity index (χ4v) is 2.93. The molecule has 2 aromatic carbocycles. The largest absolute Gasteiger partial charge is 0.486 e. The first kappa shape index (κ1) is 17.7. The van der Waals surface area contributed by atoms with Crippen LogP contribution >= 0.6 is 11.8 Å². The average Bonchev–Trinajstić information content (AvgIpc) is 3.00. The van der Waals surface area contributed by atoms with Crippen LogP contribution in [0.25, 0.3) is 0 Å². The van der Waals surface area contributed by atoms with Gasteiger partial charge in [0.2, 0.25) is 11.1 Å². The molecule has 0 spiro atoms. The molecule has 3 rings (SSSR count). The summed E-state index contributed by atoms with van der Waals surface area (Å²) >= 11 is 1.40. The highest BCUT2D eigenvalue weighted by atomic mass is 32.2. The van der Waals surface area contributed by atoms with E-state index in [-0.39, 0.29) is 12.4 Å². The molecule has 0 aliphatic heterocycles. The maximum Gasteiger partial charge on any atom is 0.248 e. The molecule has 134 valence electrons. The SMILES string of the molecule is NC(=O)c1ccc(CSc2nnc(COc3ccc(F)cc3)n2N)cc1. The molecule has 0 radical (unpaired) electrons. The van der Waals surface area contributed by atoms with E-state index < -0.39 is 5.91 Å². The van der Waals surface area contributed by atoms with Gasteiger partial charge in [0, 0.05) is 11.3 Å². The van der Waals surface area contributed by atoms with Crippen molar-refractivity contribution in [1.82, 2.24) is 14.9 Å². The minimum atomic E-state index is -0.461. The first-order valence-electron chi connectivity index (χ1n) is 7.62. The molecule has 0 saturated heterocycles. The number of benzene rings is 2. The van der Waals surface area contributed by atoms with Crippen LogP contribution in [0.5, 0.6) is 5.75 Å². The molecule has 9 heteroatoms. The van der Waals surface area contributed by atoms with Crippen LogP contribution in [-0.4, -0.2) is 20.8 Å². The van der Waals surface area contributed by atoms with Crippen molar-refractivity contribution in [3.05, 3.63) is 71.3 Å². The molecule has 1 heterocycles. The van der Waals surface area contributed by atoms with E-state index in [0.29, 0.717) is 28.0 Å². The van der Waals surface area contributed by atoms with Crippen LogP contribution in [0, 0.1) is 5.82 Å². The third-order valence-electron chi connectivity index (χ3n) is 3.52. The number of carbonyl (C=O) groups is 1. The fourth-order valence-electron chi connectivity index (χ4n) is 2.10. The van der Waals surface area contributed by atoms with E-state index in [4.69, 9.17) is 16.3 Å². The monoisotopic (exact) mass is 373 g/mol. The Kier molecular flexibility index (Phi) is 5.37. The lowest BCUT2D eigenvalue weighted by Crippen LogP contribution is -2.15. The summed E-state index contributed by atoms with van der Waals surface area (Å²) in [6.45, 7) is 0.114. The lowest BCUT2D eigenvalue weighted by atomic mass is 10.1. The summed E-state index contributed by atoms with van der Waals surface area (Å²) in [7, 11) is 0. The maximum atomic E-state index is 12.9. The van der Waals surface area contributed by atoms with Crippen molar-refractivity contribution in [3.8, 4) is 5.75 Å². The van der Waals surface area contributed by atoms with Crippen molar-refractivity contribution in [2.45, 2.75) is 17.5 Å². The van der Waals surface area contributed by atoms with Crippen molar-refractivity contribution in [3.63, 3.8) is 0 Å². The van der Waals surface area contributed by atoms with Crippen LogP contribution in [0.2, 0.25) is 0 Å². The molecule has 0 saturated carbocycles.